The van der Waals surface area contributed by atoms with Crippen LogP contribution >= 0.6 is 0 Å². The number of carbonyl (C=O) groups excluding carboxylic acids is 2. The van der Waals surface area contributed by atoms with Gasteiger partial charge in [0.1, 0.15) is 11.3 Å². The molecule has 0 saturated heterocycles. The van der Waals surface area contributed by atoms with Crippen molar-refractivity contribution in [3.63, 3.8) is 0 Å². The van der Waals surface area contributed by atoms with Crippen molar-refractivity contribution in [2.45, 2.75) is 33.8 Å². The maximum Gasteiger partial charge on any atom is 0.342 e. The van der Waals surface area contributed by atoms with E-state index in [-0.39, 0.29) is 5.91 Å². The smallest absolute Gasteiger partial charge is 0.342 e. The molecule has 0 aliphatic rings. The number of ether oxygens (including phenoxy) is 1. The fourth-order valence-corrected chi connectivity index (χ4v) is 2.11. The van der Waals surface area contributed by atoms with E-state index in [1.54, 1.807) is 6.92 Å². The van der Waals surface area contributed by atoms with Gasteiger partial charge in [0.25, 0.3) is 5.91 Å². The van der Waals surface area contributed by atoms with Crippen LogP contribution in [-0.2, 0) is 9.53 Å². The summed E-state index contributed by atoms with van der Waals surface area (Å²) in [6, 6.07) is 7.27. The Morgan fingerprint density at radius 1 is 1.14 bits per heavy atom. The van der Waals surface area contributed by atoms with Crippen molar-refractivity contribution in [2.75, 3.05) is 5.32 Å². The zero-order valence-electron chi connectivity index (χ0n) is 13.1. The van der Waals surface area contributed by atoms with Crippen LogP contribution in [0, 0.1) is 20.8 Å². The second kappa shape index (κ2) is 6.47. The van der Waals surface area contributed by atoms with Crippen molar-refractivity contribution in [3.8, 4) is 0 Å². The van der Waals surface area contributed by atoms with E-state index in [0.717, 1.165) is 16.8 Å². The zero-order chi connectivity index (χ0) is 16.3. The number of amides is 1. The number of esters is 1. The molecule has 0 aliphatic heterocycles. The van der Waals surface area contributed by atoms with E-state index < -0.39 is 12.1 Å². The zero-order valence-corrected chi connectivity index (χ0v) is 13.1. The molecule has 1 aromatic carbocycles. The van der Waals surface area contributed by atoms with Crippen molar-refractivity contribution in [3.05, 3.63) is 53.0 Å². The van der Waals surface area contributed by atoms with Gasteiger partial charge in [0, 0.05) is 5.69 Å². The fourth-order valence-electron chi connectivity index (χ4n) is 2.11. The third-order valence-electron chi connectivity index (χ3n) is 3.46. The lowest BCUT2D eigenvalue weighted by Crippen LogP contribution is -2.30. The SMILES string of the molecule is Cc1cccc(C)c1NC(=O)[C@@H](C)OC(=O)c1ccoc1C. The Morgan fingerprint density at radius 3 is 2.32 bits per heavy atom. The Balaban J connectivity index is 2.04. The lowest BCUT2D eigenvalue weighted by Gasteiger charge is -2.16. The van der Waals surface area contributed by atoms with Gasteiger partial charge < -0.3 is 14.5 Å². The maximum absolute atomic E-state index is 12.2. The van der Waals surface area contributed by atoms with Gasteiger partial charge in [-0.2, -0.15) is 0 Å². The molecule has 5 heteroatoms. The number of hydrogen-bond donors (Lipinski definition) is 1. The molecule has 1 heterocycles. The summed E-state index contributed by atoms with van der Waals surface area (Å²) in [5.41, 5.74) is 2.98. The minimum absolute atomic E-state index is 0.326. The van der Waals surface area contributed by atoms with E-state index >= 15 is 0 Å². The molecule has 0 fully saturated rings. The first kappa shape index (κ1) is 15.8. The van der Waals surface area contributed by atoms with E-state index in [1.807, 2.05) is 32.0 Å². The molecule has 0 spiro atoms. The lowest BCUT2D eigenvalue weighted by atomic mass is 10.1. The minimum atomic E-state index is -0.902. The number of rotatable bonds is 4. The van der Waals surface area contributed by atoms with Gasteiger partial charge in [-0.3, -0.25) is 4.79 Å². The molecule has 2 aromatic rings. The Morgan fingerprint density at radius 2 is 1.77 bits per heavy atom. The molecule has 0 radical (unpaired) electrons. The van der Waals surface area contributed by atoms with Crippen molar-refractivity contribution < 1.29 is 18.7 Å². The van der Waals surface area contributed by atoms with Gasteiger partial charge in [-0.05, 0) is 44.9 Å². The lowest BCUT2D eigenvalue weighted by molar-refractivity contribution is -0.123. The molecule has 22 heavy (non-hydrogen) atoms. The Kier molecular flexibility index (Phi) is 4.65. The summed E-state index contributed by atoms with van der Waals surface area (Å²) < 4.78 is 10.2. The van der Waals surface area contributed by atoms with Gasteiger partial charge in [-0.25, -0.2) is 4.79 Å². The van der Waals surface area contributed by atoms with Gasteiger partial charge >= 0.3 is 5.97 Å². The molecule has 116 valence electrons. The van der Waals surface area contributed by atoms with E-state index in [4.69, 9.17) is 9.15 Å². The van der Waals surface area contributed by atoms with E-state index in [2.05, 4.69) is 5.32 Å². The summed E-state index contributed by atoms with van der Waals surface area (Å²) in [7, 11) is 0. The molecule has 0 saturated carbocycles. The van der Waals surface area contributed by atoms with Crippen molar-refractivity contribution in [2.24, 2.45) is 0 Å². The summed E-state index contributed by atoms with van der Waals surface area (Å²) in [6.45, 7) is 7.02. The molecule has 1 atom stereocenters. The largest absolute Gasteiger partial charge is 0.469 e. The predicted molar refractivity (Wildman–Crippen MR) is 82.9 cm³/mol. The van der Waals surface area contributed by atoms with Gasteiger partial charge in [0.15, 0.2) is 6.10 Å². The first-order valence-corrected chi connectivity index (χ1v) is 7.02. The first-order chi connectivity index (χ1) is 10.4. The van der Waals surface area contributed by atoms with Crippen LogP contribution in [0.4, 0.5) is 5.69 Å². The second-order valence-corrected chi connectivity index (χ2v) is 5.19. The molecule has 1 amide bonds. The summed E-state index contributed by atoms with van der Waals surface area (Å²) in [5.74, 6) is -0.477. The number of anilines is 1. The second-order valence-electron chi connectivity index (χ2n) is 5.19. The number of carbonyl (C=O) groups is 2. The van der Waals surface area contributed by atoms with E-state index in [1.165, 1.54) is 19.3 Å². The summed E-state index contributed by atoms with van der Waals surface area (Å²) >= 11 is 0. The number of benzene rings is 1. The third-order valence-corrected chi connectivity index (χ3v) is 3.46. The van der Waals surface area contributed by atoms with Crippen molar-refractivity contribution >= 4 is 17.6 Å². The number of para-hydroxylation sites is 1. The van der Waals surface area contributed by atoms with Gasteiger partial charge in [0.2, 0.25) is 0 Å². The van der Waals surface area contributed by atoms with Crippen LogP contribution in [0.2, 0.25) is 0 Å². The van der Waals surface area contributed by atoms with Crippen LogP contribution in [0.1, 0.15) is 34.2 Å². The van der Waals surface area contributed by atoms with Crippen molar-refractivity contribution in [1.29, 1.82) is 0 Å². The average molecular weight is 301 g/mol. The van der Waals surface area contributed by atoms with Crippen LogP contribution in [0.3, 0.4) is 0 Å². The minimum Gasteiger partial charge on any atom is -0.469 e. The Labute approximate surface area is 129 Å². The van der Waals surface area contributed by atoms with Crippen molar-refractivity contribution in [1.82, 2.24) is 0 Å². The molecule has 2 rings (SSSR count). The summed E-state index contributed by atoms with van der Waals surface area (Å²) in [4.78, 5) is 24.2. The average Bonchev–Trinajstić information content (AvgIpc) is 2.89. The first-order valence-electron chi connectivity index (χ1n) is 7.02. The van der Waals surface area contributed by atoms with Crippen LogP contribution < -0.4 is 5.32 Å². The van der Waals surface area contributed by atoms with Gasteiger partial charge in [0.05, 0.1) is 6.26 Å². The standard InChI is InChI=1S/C17H19NO4/c1-10-6-5-7-11(2)15(10)18-16(19)13(4)22-17(20)14-8-9-21-12(14)3/h5-9,13H,1-4H3,(H,18,19)/t13-/m1/s1. The fraction of sp³-hybridized carbons (Fsp3) is 0.294. The topological polar surface area (TPSA) is 68.5 Å². The third kappa shape index (κ3) is 3.36. The number of aryl methyl sites for hydroxylation is 3. The number of hydrogen-bond acceptors (Lipinski definition) is 4. The summed E-state index contributed by atoms with van der Waals surface area (Å²) in [6.07, 6.45) is 0.508. The molecular weight excluding hydrogens is 282 g/mol. The van der Waals surface area contributed by atoms with Gasteiger partial charge in [-0.15, -0.1) is 0 Å². The summed E-state index contributed by atoms with van der Waals surface area (Å²) in [5, 5.41) is 2.80. The molecule has 1 aromatic heterocycles. The highest BCUT2D eigenvalue weighted by Gasteiger charge is 2.22. The monoisotopic (exact) mass is 301 g/mol. The Hall–Kier alpha value is -2.56. The highest BCUT2D eigenvalue weighted by Crippen LogP contribution is 2.20. The molecule has 1 N–H and O–H groups in total. The van der Waals surface area contributed by atoms with Crippen LogP contribution in [0.5, 0.6) is 0 Å². The molecule has 0 bridgehead atoms. The Bertz CT molecular complexity index is 682. The van der Waals surface area contributed by atoms with Crippen LogP contribution in [0.15, 0.2) is 34.9 Å². The molecular formula is C17H19NO4. The molecule has 0 aliphatic carbocycles. The predicted octanol–water partition coefficient (Wildman–Crippen LogP) is 3.39. The highest BCUT2D eigenvalue weighted by atomic mass is 16.5. The van der Waals surface area contributed by atoms with Crippen LogP contribution in [-0.4, -0.2) is 18.0 Å². The number of nitrogens with one attached hydrogen (secondary N) is 1. The molecule has 0 unspecified atom stereocenters. The van der Waals surface area contributed by atoms with E-state index in [0.29, 0.717) is 11.3 Å². The van der Waals surface area contributed by atoms with Crippen LogP contribution in [0.25, 0.3) is 0 Å². The maximum atomic E-state index is 12.2. The quantitative estimate of drug-likeness (QED) is 0.879. The van der Waals surface area contributed by atoms with E-state index in [9.17, 15) is 9.59 Å². The van der Waals surface area contributed by atoms with Gasteiger partial charge in [-0.1, -0.05) is 18.2 Å². The molecule has 5 nitrogen and oxygen atoms in total. The number of furan rings is 1. The normalized spacial score (nSPS) is 11.8. The highest BCUT2D eigenvalue weighted by molar-refractivity contribution is 5.98.